The number of phenolic OH excluding ortho intramolecular Hbond substituents is 1. The number of fused-ring (bicyclic) bond motifs is 3. The van der Waals surface area contributed by atoms with Crippen molar-refractivity contribution in [3.63, 3.8) is 0 Å². The van der Waals surface area contributed by atoms with Crippen LogP contribution in [0, 0.1) is 11.8 Å². The number of allylic oxidation sites excluding steroid dienone is 1. The standard InChI is InChI=1S/C27H32N4O8/c1-11-5-4-8-31(11)26(38)29-15-7-6-12-9-13-10-14-19(30(2)3)22(34)18(25(28)37)24(36)27(14,39)23(35)17(13)21(33)16(12)20(15)32/h6-7,11,13-14,19,32,34-35,39H,4-5,8-10H2,1-3H3,(H2,28,37)(H,29,38)/t11-,13?,14?,19?,27?/m0/s1. The molecule has 3 aliphatic carbocycles. The summed E-state index contributed by atoms with van der Waals surface area (Å²) in [6.07, 6.45) is 1.91. The number of urea groups is 1. The van der Waals surface area contributed by atoms with Crippen LogP contribution < -0.4 is 11.1 Å². The van der Waals surface area contributed by atoms with E-state index in [0.717, 1.165) is 12.8 Å². The van der Waals surface area contributed by atoms with Crippen LogP contribution in [0.2, 0.25) is 0 Å². The zero-order valence-electron chi connectivity index (χ0n) is 21.9. The Morgan fingerprint density at radius 1 is 1.18 bits per heavy atom. The van der Waals surface area contributed by atoms with E-state index < -0.39 is 69.8 Å². The summed E-state index contributed by atoms with van der Waals surface area (Å²) in [4.78, 5) is 55.1. The summed E-state index contributed by atoms with van der Waals surface area (Å²) in [5.74, 6) is -7.13. The van der Waals surface area contributed by atoms with Crippen molar-refractivity contribution in [3.8, 4) is 5.75 Å². The van der Waals surface area contributed by atoms with Gasteiger partial charge in [-0.25, -0.2) is 4.79 Å². The number of benzene rings is 1. The molecule has 0 aromatic heterocycles. The molecule has 5 rings (SSSR count). The number of phenols is 1. The normalized spacial score (nSPS) is 30.3. The number of nitrogens with zero attached hydrogens (tertiary/aromatic N) is 2. The first-order valence-corrected chi connectivity index (χ1v) is 12.9. The van der Waals surface area contributed by atoms with E-state index in [2.05, 4.69) is 5.32 Å². The van der Waals surface area contributed by atoms with Crippen molar-refractivity contribution in [2.45, 2.75) is 50.3 Å². The number of hydrogen-bond donors (Lipinski definition) is 6. The summed E-state index contributed by atoms with van der Waals surface area (Å²) in [5, 5.41) is 47.5. The number of nitrogens with two attached hydrogens (primary N) is 1. The Morgan fingerprint density at radius 2 is 1.87 bits per heavy atom. The maximum atomic E-state index is 13.8. The molecule has 0 spiro atoms. The monoisotopic (exact) mass is 540 g/mol. The number of primary amides is 1. The Kier molecular flexibility index (Phi) is 6.22. The van der Waals surface area contributed by atoms with Gasteiger partial charge in [0.15, 0.2) is 17.1 Å². The molecule has 1 saturated heterocycles. The Balaban J connectivity index is 1.58. The lowest BCUT2D eigenvalue weighted by atomic mass is 9.58. The van der Waals surface area contributed by atoms with Gasteiger partial charge in [-0.2, -0.15) is 0 Å². The van der Waals surface area contributed by atoms with Gasteiger partial charge in [-0.15, -0.1) is 0 Å². The second-order valence-corrected chi connectivity index (χ2v) is 11.1. The number of rotatable bonds is 3. The number of carbonyl (C=O) groups excluding carboxylic acids is 4. The molecule has 39 heavy (non-hydrogen) atoms. The molecule has 1 fully saturated rings. The highest BCUT2D eigenvalue weighted by Crippen LogP contribution is 2.52. The Labute approximate surface area is 224 Å². The Hall–Kier alpha value is -3.90. The molecule has 0 bridgehead atoms. The van der Waals surface area contributed by atoms with Crippen LogP contribution in [-0.4, -0.2) is 92.1 Å². The summed E-state index contributed by atoms with van der Waals surface area (Å²) < 4.78 is 0. The molecule has 1 aliphatic heterocycles. The number of aliphatic hydroxyl groups excluding tert-OH is 2. The molecule has 3 amide bonds. The fourth-order valence-corrected chi connectivity index (χ4v) is 6.75. The van der Waals surface area contributed by atoms with Crippen molar-refractivity contribution in [1.29, 1.82) is 0 Å². The lowest BCUT2D eigenvalue weighted by Gasteiger charge is -2.50. The number of aromatic hydroxyl groups is 1. The number of nitrogens with one attached hydrogen (secondary N) is 1. The fraction of sp³-hybridized carbons (Fsp3) is 0.481. The molecule has 12 heteroatoms. The summed E-state index contributed by atoms with van der Waals surface area (Å²) in [6.45, 7) is 2.49. The van der Waals surface area contributed by atoms with Crippen molar-refractivity contribution in [3.05, 3.63) is 45.9 Å². The number of ketones is 2. The second kappa shape index (κ2) is 9.09. The van der Waals surface area contributed by atoms with Gasteiger partial charge in [0.05, 0.1) is 17.3 Å². The number of likely N-dealkylation sites (N-methyl/N-ethyl adjacent to an activating group) is 1. The number of Topliss-reactive ketones (excluding diaryl/α,β-unsaturated/α-hetero) is 2. The van der Waals surface area contributed by atoms with Gasteiger partial charge in [0.25, 0.3) is 5.91 Å². The van der Waals surface area contributed by atoms with Crippen LogP contribution in [-0.2, 0) is 16.0 Å². The Morgan fingerprint density at radius 3 is 2.46 bits per heavy atom. The van der Waals surface area contributed by atoms with E-state index in [4.69, 9.17) is 5.73 Å². The summed E-state index contributed by atoms with van der Waals surface area (Å²) >= 11 is 0. The fourth-order valence-electron chi connectivity index (χ4n) is 6.75. The number of likely N-dealkylation sites (tertiary alicyclic amines) is 1. The molecule has 1 heterocycles. The molecule has 1 aromatic carbocycles. The SMILES string of the molecule is C[C@H]1CCCN1C(=O)Nc1ccc2c(c1O)C(=O)C1=C(O)C3(O)C(=O)C(C(N)=O)=C(O)C(N(C)C)C3CC1C2. The molecule has 0 radical (unpaired) electrons. The van der Waals surface area contributed by atoms with Gasteiger partial charge in [-0.3, -0.25) is 19.3 Å². The first kappa shape index (κ1) is 26.7. The zero-order chi connectivity index (χ0) is 28.5. The van der Waals surface area contributed by atoms with E-state index >= 15 is 0 Å². The molecule has 12 nitrogen and oxygen atoms in total. The minimum absolute atomic E-state index is 0.0118. The number of carbonyl (C=O) groups is 4. The van der Waals surface area contributed by atoms with Gasteiger partial charge >= 0.3 is 6.03 Å². The maximum Gasteiger partial charge on any atom is 0.322 e. The Bertz CT molecular complexity index is 1380. The van der Waals surface area contributed by atoms with Gasteiger partial charge < -0.3 is 36.4 Å². The molecule has 1 aromatic rings. The second-order valence-electron chi connectivity index (χ2n) is 11.1. The molecule has 208 valence electrons. The van der Waals surface area contributed by atoms with E-state index in [-0.39, 0.29) is 35.7 Å². The van der Waals surface area contributed by atoms with Crippen LogP contribution in [0.15, 0.2) is 34.8 Å². The van der Waals surface area contributed by atoms with Gasteiger partial charge in [-0.1, -0.05) is 6.07 Å². The van der Waals surface area contributed by atoms with Crippen LogP contribution in [0.4, 0.5) is 10.5 Å². The predicted molar refractivity (Wildman–Crippen MR) is 138 cm³/mol. The molecular weight excluding hydrogens is 508 g/mol. The van der Waals surface area contributed by atoms with Crippen LogP contribution in [0.1, 0.15) is 42.1 Å². The summed E-state index contributed by atoms with van der Waals surface area (Å²) in [7, 11) is 3.15. The lowest BCUT2D eigenvalue weighted by molar-refractivity contribution is -0.148. The average Bonchev–Trinajstić information content (AvgIpc) is 3.28. The minimum atomic E-state index is -2.70. The number of amides is 3. The van der Waals surface area contributed by atoms with E-state index in [1.807, 2.05) is 6.92 Å². The van der Waals surface area contributed by atoms with E-state index in [1.54, 1.807) is 25.1 Å². The smallest absolute Gasteiger partial charge is 0.322 e. The lowest BCUT2D eigenvalue weighted by Crippen LogP contribution is -2.63. The van der Waals surface area contributed by atoms with Gasteiger partial charge in [0, 0.05) is 24.1 Å². The van der Waals surface area contributed by atoms with Crippen LogP contribution in [0.3, 0.4) is 0 Å². The summed E-state index contributed by atoms with van der Waals surface area (Å²) in [5.41, 5.74) is 1.88. The number of anilines is 1. The van der Waals surface area contributed by atoms with E-state index in [9.17, 15) is 39.6 Å². The van der Waals surface area contributed by atoms with Crippen molar-refractivity contribution in [2.24, 2.45) is 17.6 Å². The minimum Gasteiger partial charge on any atom is -0.510 e. The highest BCUT2D eigenvalue weighted by Gasteiger charge is 2.63. The molecule has 7 N–H and O–H groups in total. The van der Waals surface area contributed by atoms with E-state index in [0.29, 0.717) is 12.1 Å². The van der Waals surface area contributed by atoms with Crippen molar-refractivity contribution >= 4 is 29.2 Å². The molecule has 0 saturated carbocycles. The van der Waals surface area contributed by atoms with Crippen LogP contribution >= 0.6 is 0 Å². The summed E-state index contributed by atoms with van der Waals surface area (Å²) in [6, 6.07) is 1.69. The first-order valence-electron chi connectivity index (χ1n) is 12.9. The third kappa shape index (κ3) is 3.73. The predicted octanol–water partition coefficient (Wildman–Crippen LogP) is 1.14. The maximum absolute atomic E-state index is 13.8. The molecule has 5 atom stereocenters. The third-order valence-electron chi connectivity index (χ3n) is 8.65. The third-order valence-corrected chi connectivity index (χ3v) is 8.65. The molecular formula is C27H32N4O8. The number of aliphatic hydroxyl groups is 3. The zero-order valence-corrected chi connectivity index (χ0v) is 21.9. The van der Waals surface area contributed by atoms with Gasteiger partial charge in [0.2, 0.25) is 5.78 Å². The van der Waals surface area contributed by atoms with Crippen molar-refractivity contribution in [1.82, 2.24) is 9.80 Å². The highest BCUT2D eigenvalue weighted by atomic mass is 16.3. The van der Waals surface area contributed by atoms with Crippen LogP contribution in [0.5, 0.6) is 5.75 Å². The largest absolute Gasteiger partial charge is 0.510 e. The van der Waals surface area contributed by atoms with Crippen LogP contribution in [0.25, 0.3) is 0 Å². The van der Waals surface area contributed by atoms with Crippen molar-refractivity contribution in [2.75, 3.05) is 26.0 Å². The quantitative estimate of drug-likeness (QED) is 0.241. The average molecular weight is 541 g/mol. The molecule has 4 aliphatic rings. The number of hydrogen-bond acceptors (Lipinski definition) is 9. The van der Waals surface area contributed by atoms with Crippen molar-refractivity contribution < 1.29 is 39.6 Å². The topological polar surface area (TPSA) is 194 Å². The molecule has 4 unspecified atom stereocenters. The van der Waals surface area contributed by atoms with Gasteiger partial charge in [0.1, 0.15) is 17.1 Å². The van der Waals surface area contributed by atoms with Gasteiger partial charge in [-0.05, 0) is 64.3 Å². The highest BCUT2D eigenvalue weighted by molar-refractivity contribution is 6.25. The van der Waals surface area contributed by atoms with E-state index in [1.165, 1.54) is 11.0 Å². The first-order chi connectivity index (χ1) is 18.3.